The molecule has 126 valence electrons. The number of hydrogen-bond donors (Lipinski definition) is 1. The third-order valence-electron chi connectivity index (χ3n) is 4.15. The Hall–Kier alpha value is -1.79. The van der Waals surface area contributed by atoms with Gasteiger partial charge in [-0.05, 0) is 42.0 Å². The Balaban J connectivity index is 1.62. The number of thioether (sulfide) groups is 1. The molecule has 1 aromatic heterocycles. The molecule has 0 saturated heterocycles. The summed E-state index contributed by atoms with van der Waals surface area (Å²) in [5.74, 6) is 0.0456. The normalized spacial score (nSPS) is 13.5. The van der Waals surface area contributed by atoms with E-state index in [1.54, 1.807) is 30.0 Å². The molecule has 2 aromatic rings. The minimum absolute atomic E-state index is 0.0438. The Morgan fingerprint density at radius 3 is 2.71 bits per heavy atom. The summed E-state index contributed by atoms with van der Waals surface area (Å²) in [6.45, 7) is 3.47. The number of benzene rings is 1. The topological polar surface area (TPSA) is 49.4 Å². The van der Waals surface area contributed by atoms with Crippen LogP contribution in [0.3, 0.4) is 0 Å². The van der Waals surface area contributed by atoms with Gasteiger partial charge in [0.25, 0.3) is 5.91 Å². The van der Waals surface area contributed by atoms with Crippen LogP contribution in [0.5, 0.6) is 0 Å². The van der Waals surface area contributed by atoms with Gasteiger partial charge in [-0.25, -0.2) is 0 Å². The third-order valence-corrected chi connectivity index (χ3v) is 6.13. The van der Waals surface area contributed by atoms with Crippen LogP contribution in [-0.4, -0.2) is 29.5 Å². The van der Waals surface area contributed by atoms with Gasteiger partial charge in [-0.2, -0.15) is 0 Å². The molecule has 1 aliphatic rings. The Labute approximate surface area is 150 Å². The fourth-order valence-electron chi connectivity index (χ4n) is 2.73. The lowest BCUT2D eigenvalue weighted by molar-refractivity contribution is -0.129. The monoisotopic (exact) mass is 360 g/mol. The van der Waals surface area contributed by atoms with E-state index in [1.165, 1.54) is 9.77 Å². The van der Waals surface area contributed by atoms with E-state index >= 15 is 0 Å². The number of amides is 2. The zero-order chi connectivity index (χ0) is 17.1. The highest BCUT2D eigenvalue weighted by atomic mass is 32.2. The van der Waals surface area contributed by atoms with Crippen LogP contribution in [0.1, 0.15) is 32.6 Å². The van der Waals surface area contributed by atoms with Gasteiger partial charge >= 0.3 is 0 Å². The van der Waals surface area contributed by atoms with Crippen molar-refractivity contribution in [2.24, 2.45) is 0 Å². The van der Waals surface area contributed by atoms with Crippen molar-refractivity contribution in [3.05, 3.63) is 51.2 Å². The predicted molar refractivity (Wildman–Crippen MR) is 98.5 cm³/mol. The fourth-order valence-corrected chi connectivity index (χ4v) is 4.21. The van der Waals surface area contributed by atoms with Crippen molar-refractivity contribution in [2.75, 3.05) is 12.8 Å². The summed E-state index contributed by atoms with van der Waals surface area (Å²) in [4.78, 5) is 28.9. The summed E-state index contributed by atoms with van der Waals surface area (Å²) >= 11 is 3.25. The van der Waals surface area contributed by atoms with Crippen molar-refractivity contribution in [3.8, 4) is 0 Å². The molecule has 2 heterocycles. The van der Waals surface area contributed by atoms with Crippen LogP contribution in [0.15, 0.2) is 35.2 Å². The molecule has 4 nitrogen and oxygen atoms in total. The van der Waals surface area contributed by atoms with Crippen LogP contribution < -0.4 is 5.32 Å². The van der Waals surface area contributed by atoms with Crippen LogP contribution in [-0.2, 0) is 24.3 Å². The molecule has 0 atom stereocenters. The second kappa shape index (κ2) is 7.40. The highest BCUT2D eigenvalue weighted by molar-refractivity contribution is 7.98. The largest absolute Gasteiger partial charge is 0.347 e. The quantitative estimate of drug-likeness (QED) is 0.851. The number of fused-ring (bicyclic) bond motifs is 1. The minimum atomic E-state index is -0.0438. The van der Waals surface area contributed by atoms with Gasteiger partial charge in [0.1, 0.15) is 0 Å². The summed E-state index contributed by atoms with van der Waals surface area (Å²) < 4.78 is 0. The molecule has 0 saturated carbocycles. The Morgan fingerprint density at radius 2 is 2.04 bits per heavy atom. The zero-order valence-electron chi connectivity index (χ0n) is 13.8. The molecule has 3 rings (SSSR count). The summed E-state index contributed by atoms with van der Waals surface area (Å²) in [5, 5.41) is 2.98. The second-order valence-electron chi connectivity index (χ2n) is 5.78. The maximum absolute atomic E-state index is 12.4. The van der Waals surface area contributed by atoms with Gasteiger partial charge in [-0.1, -0.05) is 12.1 Å². The van der Waals surface area contributed by atoms with E-state index in [2.05, 4.69) is 17.4 Å². The standard InChI is InChI=1S/C18H20N2O2S2/c1-12(21)20-8-7-16-14(11-20)9-17(24-16)18(22)19-10-13-3-5-15(23-2)6-4-13/h3-6,9H,7-8,10-11H2,1-2H3,(H,19,22). The summed E-state index contributed by atoms with van der Waals surface area (Å²) in [7, 11) is 0. The molecule has 0 unspecified atom stereocenters. The molecule has 0 fully saturated rings. The van der Waals surface area contributed by atoms with E-state index in [-0.39, 0.29) is 11.8 Å². The number of rotatable bonds is 4. The lowest BCUT2D eigenvalue weighted by atomic mass is 10.1. The van der Waals surface area contributed by atoms with Crippen molar-refractivity contribution in [1.29, 1.82) is 0 Å². The summed E-state index contributed by atoms with van der Waals surface area (Å²) in [6.07, 6.45) is 2.88. The first-order chi connectivity index (χ1) is 11.6. The molecular formula is C18H20N2O2S2. The van der Waals surface area contributed by atoms with Crippen molar-refractivity contribution >= 4 is 34.9 Å². The molecule has 0 bridgehead atoms. The molecular weight excluding hydrogens is 340 g/mol. The maximum atomic E-state index is 12.4. The third kappa shape index (κ3) is 3.82. The molecule has 1 aromatic carbocycles. The predicted octanol–water partition coefficient (Wildman–Crippen LogP) is 3.30. The fraction of sp³-hybridized carbons (Fsp3) is 0.333. The smallest absolute Gasteiger partial charge is 0.261 e. The first kappa shape index (κ1) is 17.0. The Morgan fingerprint density at radius 1 is 1.29 bits per heavy atom. The van der Waals surface area contributed by atoms with Gasteiger partial charge in [0.05, 0.1) is 4.88 Å². The first-order valence-electron chi connectivity index (χ1n) is 7.85. The minimum Gasteiger partial charge on any atom is -0.347 e. The summed E-state index contributed by atoms with van der Waals surface area (Å²) in [5.41, 5.74) is 2.20. The van der Waals surface area contributed by atoms with E-state index in [0.717, 1.165) is 29.0 Å². The lowest BCUT2D eigenvalue weighted by Crippen LogP contribution is -2.33. The highest BCUT2D eigenvalue weighted by Gasteiger charge is 2.22. The van der Waals surface area contributed by atoms with E-state index < -0.39 is 0 Å². The number of carbonyl (C=O) groups is 2. The number of carbonyl (C=O) groups excluding carboxylic acids is 2. The second-order valence-corrected chi connectivity index (χ2v) is 7.80. The number of nitrogens with zero attached hydrogens (tertiary/aromatic N) is 1. The zero-order valence-corrected chi connectivity index (χ0v) is 15.4. The van der Waals surface area contributed by atoms with Crippen LogP contribution >= 0.6 is 23.1 Å². The van der Waals surface area contributed by atoms with Gasteiger partial charge in [-0.3, -0.25) is 9.59 Å². The van der Waals surface area contributed by atoms with E-state index in [0.29, 0.717) is 13.1 Å². The van der Waals surface area contributed by atoms with Crippen molar-refractivity contribution < 1.29 is 9.59 Å². The van der Waals surface area contributed by atoms with E-state index in [9.17, 15) is 9.59 Å². The number of thiophene rings is 1. The Kier molecular flexibility index (Phi) is 5.26. The van der Waals surface area contributed by atoms with E-state index in [1.807, 2.05) is 29.4 Å². The van der Waals surface area contributed by atoms with Crippen molar-refractivity contribution in [2.45, 2.75) is 31.3 Å². The molecule has 1 N–H and O–H groups in total. The molecule has 2 amide bonds. The van der Waals surface area contributed by atoms with Gasteiger partial charge < -0.3 is 10.2 Å². The van der Waals surface area contributed by atoms with Gasteiger partial charge in [0, 0.05) is 36.3 Å². The Bertz CT molecular complexity index is 753. The van der Waals surface area contributed by atoms with Crippen LogP contribution in [0.4, 0.5) is 0 Å². The van der Waals surface area contributed by atoms with E-state index in [4.69, 9.17) is 0 Å². The van der Waals surface area contributed by atoms with Crippen LogP contribution in [0.2, 0.25) is 0 Å². The number of hydrogen-bond acceptors (Lipinski definition) is 4. The van der Waals surface area contributed by atoms with Crippen molar-refractivity contribution in [3.63, 3.8) is 0 Å². The van der Waals surface area contributed by atoms with Gasteiger partial charge in [0.15, 0.2) is 0 Å². The highest BCUT2D eigenvalue weighted by Crippen LogP contribution is 2.28. The van der Waals surface area contributed by atoms with Gasteiger partial charge in [0.2, 0.25) is 5.91 Å². The average Bonchev–Trinajstić information content (AvgIpc) is 3.03. The number of nitrogens with one attached hydrogen (secondary N) is 1. The SMILES string of the molecule is CSc1ccc(CNC(=O)c2cc3c(s2)CCN(C(C)=O)C3)cc1. The van der Waals surface area contributed by atoms with Gasteiger partial charge in [-0.15, -0.1) is 23.1 Å². The maximum Gasteiger partial charge on any atom is 0.261 e. The molecule has 24 heavy (non-hydrogen) atoms. The molecule has 0 spiro atoms. The molecule has 1 aliphatic heterocycles. The summed E-state index contributed by atoms with van der Waals surface area (Å²) in [6, 6.07) is 10.1. The lowest BCUT2D eigenvalue weighted by Gasteiger charge is -2.25. The molecule has 0 radical (unpaired) electrons. The van der Waals surface area contributed by atoms with Crippen molar-refractivity contribution in [1.82, 2.24) is 10.2 Å². The average molecular weight is 361 g/mol. The van der Waals surface area contributed by atoms with Crippen LogP contribution in [0, 0.1) is 0 Å². The molecule has 0 aliphatic carbocycles. The first-order valence-corrected chi connectivity index (χ1v) is 9.89. The van der Waals surface area contributed by atoms with Crippen LogP contribution in [0.25, 0.3) is 0 Å². The molecule has 6 heteroatoms.